The van der Waals surface area contributed by atoms with Gasteiger partial charge < -0.3 is 4.74 Å². The molecule has 23 heavy (non-hydrogen) atoms. The van der Waals surface area contributed by atoms with Crippen molar-refractivity contribution in [2.75, 3.05) is 12.0 Å². The molecule has 2 bridgehead atoms. The summed E-state index contributed by atoms with van der Waals surface area (Å²) in [5, 5.41) is 0. The predicted molar refractivity (Wildman–Crippen MR) is 87.0 cm³/mol. The average molecular weight is 309 g/mol. The Morgan fingerprint density at radius 1 is 1.04 bits per heavy atom. The number of anilines is 1. The van der Waals surface area contributed by atoms with Gasteiger partial charge >= 0.3 is 0 Å². The summed E-state index contributed by atoms with van der Waals surface area (Å²) in [6, 6.07) is 7.14. The molecule has 1 aromatic carbocycles. The second-order valence-electron chi connectivity index (χ2n) is 6.66. The number of amides is 2. The Morgan fingerprint density at radius 2 is 1.65 bits per heavy atom. The van der Waals surface area contributed by atoms with Crippen LogP contribution in [-0.4, -0.2) is 18.9 Å². The van der Waals surface area contributed by atoms with Crippen molar-refractivity contribution in [3.8, 4) is 5.75 Å². The molecule has 0 radical (unpaired) electrons. The van der Waals surface area contributed by atoms with Gasteiger partial charge in [-0.3, -0.25) is 9.59 Å². The third-order valence-electron chi connectivity index (χ3n) is 5.30. The minimum Gasteiger partial charge on any atom is -0.497 e. The van der Waals surface area contributed by atoms with E-state index < -0.39 is 0 Å². The molecule has 2 aliphatic carbocycles. The van der Waals surface area contributed by atoms with Crippen molar-refractivity contribution in [1.82, 2.24) is 0 Å². The van der Waals surface area contributed by atoms with Gasteiger partial charge in [-0.1, -0.05) is 29.4 Å². The number of carbonyl (C=O) groups is 2. The molecule has 1 heterocycles. The van der Waals surface area contributed by atoms with E-state index in [9.17, 15) is 9.59 Å². The summed E-state index contributed by atoms with van der Waals surface area (Å²) in [7, 11) is 1.58. The first kappa shape index (κ1) is 14.2. The van der Waals surface area contributed by atoms with E-state index >= 15 is 0 Å². The summed E-state index contributed by atoms with van der Waals surface area (Å²) in [6.45, 7) is 4.14. The predicted octanol–water partition coefficient (Wildman–Crippen LogP) is 2.95. The van der Waals surface area contributed by atoms with Gasteiger partial charge in [-0.2, -0.15) is 0 Å². The van der Waals surface area contributed by atoms with Gasteiger partial charge in [0.15, 0.2) is 0 Å². The van der Waals surface area contributed by atoms with Gasteiger partial charge in [-0.15, -0.1) is 0 Å². The van der Waals surface area contributed by atoms with Gasteiger partial charge in [0, 0.05) is 17.9 Å². The highest BCUT2D eigenvalue weighted by molar-refractivity contribution is 6.23. The lowest BCUT2D eigenvalue weighted by Crippen LogP contribution is -2.33. The van der Waals surface area contributed by atoms with Crippen molar-refractivity contribution in [3.05, 3.63) is 47.6 Å². The lowest BCUT2D eigenvalue weighted by molar-refractivity contribution is -0.122. The number of hydrogen-bond donors (Lipinski definition) is 0. The van der Waals surface area contributed by atoms with Crippen LogP contribution in [0.2, 0.25) is 0 Å². The quantitative estimate of drug-likeness (QED) is 0.623. The van der Waals surface area contributed by atoms with Gasteiger partial charge in [-0.25, -0.2) is 4.90 Å². The van der Waals surface area contributed by atoms with Crippen molar-refractivity contribution in [2.45, 2.75) is 13.8 Å². The zero-order chi connectivity index (χ0) is 16.3. The molecule has 2 fully saturated rings. The van der Waals surface area contributed by atoms with E-state index in [0.29, 0.717) is 11.4 Å². The van der Waals surface area contributed by atoms with E-state index in [2.05, 4.69) is 26.0 Å². The molecular formula is C19H19NO3. The minimum absolute atomic E-state index is 0.0798. The normalized spacial score (nSPS) is 31.1. The van der Waals surface area contributed by atoms with Crippen molar-refractivity contribution >= 4 is 17.5 Å². The van der Waals surface area contributed by atoms with Gasteiger partial charge in [-0.05, 0) is 26.0 Å². The van der Waals surface area contributed by atoms with Crippen LogP contribution in [0.25, 0.3) is 0 Å². The average Bonchev–Trinajstić information content (AvgIpc) is 3.17. The number of nitrogens with zero attached hydrogens (tertiary/aromatic N) is 1. The third kappa shape index (κ3) is 1.78. The number of fused-ring (bicyclic) bond motifs is 5. The Labute approximate surface area is 135 Å². The van der Waals surface area contributed by atoms with Crippen LogP contribution < -0.4 is 9.64 Å². The van der Waals surface area contributed by atoms with Gasteiger partial charge in [0.25, 0.3) is 0 Å². The van der Waals surface area contributed by atoms with Crippen LogP contribution in [0.5, 0.6) is 5.75 Å². The summed E-state index contributed by atoms with van der Waals surface area (Å²) in [5.74, 6) is 0.172. The fourth-order valence-electron chi connectivity index (χ4n) is 4.43. The fourth-order valence-corrected chi connectivity index (χ4v) is 4.43. The smallest absolute Gasteiger partial charge is 0.238 e. The topological polar surface area (TPSA) is 46.6 Å². The van der Waals surface area contributed by atoms with Crippen LogP contribution in [0.3, 0.4) is 0 Å². The summed E-state index contributed by atoms with van der Waals surface area (Å²) in [4.78, 5) is 27.3. The van der Waals surface area contributed by atoms with E-state index in [1.807, 2.05) is 6.07 Å². The molecule has 0 N–H and O–H groups in total. The van der Waals surface area contributed by atoms with Crippen molar-refractivity contribution in [1.29, 1.82) is 0 Å². The largest absolute Gasteiger partial charge is 0.497 e. The SMILES string of the molecule is COc1cccc(N2C(=O)[C@@H]3[C@H](C2=O)[C@H]2C=C[C@H]3C2=C(C)C)c1. The van der Waals surface area contributed by atoms with Crippen LogP contribution in [-0.2, 0) is 9.59 Å². The Kier molecular flexibility index (Phi) is 2.98. The molecule has 4 atom stereocenters. The molecule has 2 amide bonds. The fraction of sp³-hybridized carbons (Fsp3) is 0.368. The first-order valence-corrected chi connectivity index (χ1v) is 7.92. The number of imide groups is 1. The minimum atomic E-state index is -0.242. The molecule has 4 nitrogen and oxygen atoms in total. The zero-order valence-corrected chi connectivity index (χ0v) is 13.4. The van der Waals surface area contributed by atoms with Crippen LogP contribution in [0.1, 0.15) is 13.8 Å². The van der Waals surface area contributed by atoms with E-state index in [4.69, 9.17) is 4.74 Å². The van der Waals surface area contributed by atoms with Gasteiger partial charge in [0.05, 0.1) is 24.6 Å². The molecule has 1 aromatic rings. The highest BCUT2D eigenvalue weighted by Gasteiger charge is 2.61. The summed E-state index contributed by atoms with van der Waals surface area (Å²) >= 11 is 0. The highest BCUT2D eigenvalue weighted by atomic mass is 16.5. The molecular weight excluding hydrogens is 290 g/mol. The van der Waals surface area contributed by atoms with Gasteiger partial charge in [0.1, 0.15) is 5.75 Å². The van der Waals surface area contributed by atoms with Crippen molar-refractivity contribution < 1.29 is 14.3 Å². The third-order valence-corrected chi connectivity index (χ3v) is 5.30. The van der Waals surface area contributed by atoms with E-state index in [0.717, 1.165) is 0 Å². The van der Waals surface area contributed by atoms with Gasteiger partial charge in [0.2, 0.25) is 11.8 Å². The monoisotopic (exact) mass is 309 g/mol. The lowest BCUT2D eigenvalue weighted by Gasteiger charge is -2.19. The molecule has 1 aliphatic heterocycles. The standard InChI is InChI=1S/C19H19NO3/c1-10(2)15-13-7-8-14(15)17-16(13)18(21)20(19(17)22)11-5-4-6-12(9-11)23-3/h4-9,13-14,16-17H,1-3H3/t13-,14-,16-,17+/m0/s1. The first-order chi connectivity index (χ1) is 11.0. The Bertz CT molecular complexity index is 739. The van der Waals surface area contributed by atoms with Crippen molar-refractivity contribution in [3.63, 3.8) is 0 Å². The Hall–Kier alpha value is -2.36. The number of hydrogen-bond acceptors (Lipinski definition) is 3. The van der Waals surface area contributed by atoms with E-state index in [1.54, 1.807) is 25.3 Å². The molecule has 0 aromatic heterocycles. The molecule has 3 aliphatic rings. The van der Waals surface area contributed by atoms with Crippen LogP contribution in [0.15, 0.2) is 47.6 Å². The molecule has 1 saturated carbocycles. The van der Waals surface area contributed by atoms with Crippen LogP contribution in [0, 0.1) is 23.7 Å². The maximum atomic E-state index is 13.0. The lowest BCUT2D eigenvalue weighted by atomic mass is 9.85. The number of carbonyl (C=O) groups excluding carboxylic acids is 2. The molecule has 118 valence electrons. The molecule has 4 heteroatoms. The number of rotatable bonds is 2. The molecule has 1 saturated heterocycles. The van der Waals surface area contributed by atoms with E-state index in [-0.39, 0.29) is 35.5 Å². The van der Waals surface area contributed by atoms with Crippen molar-refractivity contribution in [2.24, 2.45) is 23.7 Å². The molecule has 0 spiro atoms. The Balaban J connectivity index is 1.75. The summed E-state index contributed by atoms with van der Waals surface area (Å²) < 4.78 is 5.21. The Morgan fingerprint density at radius 3 is 2.17 bits per heavy atom. The summed E-state index contributed by atoms with van der Waals surface area (Å²) in [5.41, 5.74) is 3.10. The molecule has 0 unspecified atom stereocenters. The first-order valence-electron chi connectivity index (χ1n) is 7.92. The number of allylic oxidation sites excluding steroid dienone is 4. The summed E-state index contributed by atoms with van der Waals surface area (Å²) in [6.07, 6.45) is 4.21. The maximum Gasteiger partial charge on any atom is 0.238 e. The molecule has 4 rings (SSSR count). The second kappa shape index (κ2) is 4.82. The number of benzene rings is 1. The van der Waals surface area contributed by atoms with Crippen LogP contribution >= 0.6 is 0 Å². The maximum absolute atomic E-state index is 13.0. The number of methoxy groups -OCH3 is 1. The zero-order valence-electron chi connectivity index (χ0n) is 13.4. The highest BCUT2D eigenvalue weighted by Crippen LogP contribution is 2.57. The van der Waals surface area contributed by atoms with E-state index in [1.165, 1.54) is 16.0 Å². The van der Waals surface area contributed by atoms with Crippen LogP contribution in [0.4, 0.5) is 5.69 Å². The second-order valence-corrected chi connectivity index (χ2v) is 6.66. The number of ether oxygens (including phenoxy) is 1.